The van der Waals surface area contributed by atoms with E-state index in [-0.39, 0.29) is 18.1 Å². The Morgan fingerprint density at radius 2 is 1.45 bits per heavy atom. The van der Waals surface area contributed by atoms with Gasteiger partial charge < -0.3 is 31.9 Å². The van der Waals surface area contributed by atoms with Gasteiger partial charge in [0.05, 0.1) is 12.5 Å². The Hall–Kier alpha value is -2.34. The molecule has 11 nitrogen and oxygen atoms in total. The average molecular weight is 463 g/mol. The van der Waals surface area contributed by atoms with Crippen molar-refractivity contribution in [3.05, 3.63) is 0 Å². The molecule has 0 aromatic heterocycles. The highest BCUT2D eigenvalue weighted by molar-refractivity contribution is 7.80. The third kappa shape index (κ3) is 10.5. The van der Waals surface area contributed by atoms with E-state index >= 15 is 0 Å². The van der Waals surface area contributed by atoms with Crippen LogP contribution in [0, 0.1) is 11.8 Å². The Labute approximate surface area is 187 Å². The molecule has 0 aromatic rings. The molecule has 0 rings (SSSR count). The van der Waals surface area contributed by atoms with Gasteiger partial charge in [-0.15, -0.1) is 0 Å². The Morgan fingerprint density at radius 3 is 1.87 bits per heavy atom. The number of aliphatic carboxylic acids is 2. The molecule has 0 aliphatic heterocycles. The summed E-state index contributed by atoms with van der Waals surface area (Å²) in [5.74, 6) is -5.18. The predicted octanol–water partition coefficient (Wildman–Crippen LogP) is -0.651. The van der Waals surface area contributed by atoms with Crippen LogP contribution in [0.5, 0.6) is 0 Å². The van der Waals surface area contributed by atoms with E-state index in [1.165, 1.54) is 0 Å². The number of thiol groups is 1. The minimum Gasteiger partial charge on any atom is -0.481 e. The molecule has 0 bridgehead atoms. The molecule has 0 heterocycles. The molecule has 0 fully saturated rings. The highest BCUT2D eigenvalue weighted by Crippen LogP contribution is 2.11. The molecule has 31 heavy (non-hydrogen) atoms. The number of rotatable bonds is 14. The van der Waals surface area contributed by atoms with Gasteiger partial charge in [0.1, 0.15) is 18.1 Å². The zero-order valence-electron chi connectivity index (χ0n) is 18.3. The van der Waals surface area contributed by atoms with Crippen LogP contribution in [0.25, 0.3) is 0 Å². The number of carbonyl (C=O) groups is 5. The number of hydrogen-bond donors (Lipinski definition) is 7. The molecule has 5 atom stereocenters. The molecule has 0 saturated heterocycles. The van der Waals surface area contributed by atoms with E-state index in [1.54, 1.807) is 13.8 Å². The topological polar surface area (TPSA) is 188 Å². The van der Waals surface area contributed by atoms with Crippen molar-refractivity contribution in [2.24, 2.45) is 17.6 Å². The summed E-state index contributed by atoms with van der Waals surface area (Å²) in [6.45, 7) is 7.17. The summed E-state index contributed by atoms with van der Waals surface area (Å²) in [6, 6.07) is -4.65. The molecule has 178 valence electrons. The van der Waals surface area contributed by atoms with Crippen molar-refractivity contribution in [2.75, 3.05) is 5.75 Å². The van der Waals surface area contributed by atoms with Crippen molar-refractivity contribution in [2.45, 2.75) is 71.1 Å². The minimum absolute atomic E-state index is 0.0334. The van der Waals surface area contributed by atoms with Gasteiger partial charge in [0.25, 0.3) is 0 Å². The maximum Gasteiger partial charge on any atom is 0.326 e. The molecule has 0 aliphatic rings. The number of nitrogens with two attached hydrogens (primary N) is 1. The van der Waals surface area contributed by atoms with Crippen LogP contribution < -0.4 is 21.7 Å². The van der Waals surface area contributed by atoms with Crippen molar-refractivity contribution in [3.63, 3.8) is 0 Å². The zero-order chi connectivity index (χ0) is 24.3. The van der Waals surface area contributed by atoms with Crippen LogP contribution in [0.1, 0.15) is 47.0 Å². The summed E-state index contributed by atoms with van der Waals surface area (Å²) in [5, 5.41) is 25.3. The summed E-state index contributed by atoms with van der Waals surface area (Å²) >= 11 is 3.96. The molecule has 3 amide bonds. The highest BCUT2D eigenvalue weighted by Gasteiger charge is 2.33. The normalized spacial score (nSPS) is 15.8. The summed E-state index contributed by atoms with van der Waals surface area (Å²) in [5.41, 5.74) is 5.65. The van der Waals surface area contributed by atoms with Crippen molar-refractivity contribution >= 4 is 42.3 Å². The Morgan fingerprint density at radius 1 is 0.903 bits per heavy atom. The zero-order valence-corrected chi connectivity index (χ0v) is 19.1. The van der Waals surface area contributed by atoms with Gasteiger partial charge in [0.15, 0.2) is 0 Å². The molecular weight excluding hydrogens is 428 g/mol. The van der Waals surface area contributed by atoms with Crippen molar-refractivity contribution < 1.29 is 34.2 Å². The first kappa shape index (κ1) is 28.7. The molecule has 0 spiro atoms. The summed E-state index contributed by atoms with van der Waals surface area (Å²) < 4.78 is 0. The van der Waals surface area contributed by atoms with Gasteiger partial charge in [-0.2, -0.15) is 12.6 Å². The second kappa shape index (κ2) is 13.9. The van der Waals surface area contributed by atoms with Crippen LogP contribution in [0.15, 0.2) is 0 Å². The van der Waals surface area contributed by atoms with E-state index in [2.05, 4.69) is 28.6 Å². The molecule has 0 aromatic carbocycles. The van der Waals surface area contributed by atoms with E-state index in [0.29, 0.717) is 6.42 Å². The molecule has 12 heteroatoms. The maximum absolute atomic E-state index is 12.9. The second-order valence-corrected chi connectivity index (χ2v) is 8.21. The fourth-order valence-electron chi connectivity index (χ4n) is 2.66. The number of carboxylic acids is 2. The monoisotopic (exact) mass is 462 g/mol. The molecule has 0 aliphatic carbocycles. The van der Waals surface area contributed by atoms with Crippen LogP contribution in [-0.4, -0.2) is 69.8 Å². The van der Waals surface area contributed by atoms with Crippen LogP contribution >= 0.6 is 12.6 Å². The maximum atomic E-state index is 12.9. The van der Waals surface area contributed by atoms with E-state index in [9.17, 15) is 24.0 Å². The quantitative estimate of drug-likeness (QED) is 0.166. The Balaban J connectivity index is 5.54. The molecule has 0 radical (unpaired) electrons. The molecular formula is C19H34N4O7S. The van der Waals surface area contributed by atoms with Crippen LogP contribution in [-0.2, 0) is 24.0 Å². The summed E-state index contributed by atoms with van der Waals surface area (Å²) in [6.07, 6.45) is -0.0564. The largest absolute Gasteiger partial charge is 0.481 e. The van der Waals surface area contributed by atoms with E-state index in [0.717, 1.165) is 0 Å². The van der Waals surface area contributed by atoms with Gasteiger partial charge >= 0.3 is 11.9 Å². The van der Waals surface area contributed by atoms with Gasteiger partial charge in [-0.05, 0) is 18.3 Å². The van der Waals surface area contributed by atoms with Crippen LogP contribution in [0.2, 0.25) is 0 Å². The summed E-state index contributed by atoms with van der Waals surface area (Å²) in [4.78, 5) is 59.9. The molecule has 7 N–H and O–H groups in total. The number of hydrogen-bond acceptors (Lipinski definition) is 7. The molecule has 0 saturated carbocycles. The average Bonchev–Trinajstić information content (AvgIpc) is 2.68. The van der Waals surface area contributed by atoms with Gasteiger partial charge in [-0.3, -0.25) is 19.2 Å². The van der Waals surface area contributed by atoms with Crippen molar-refractivity contribution in [3.8, 4) is 0 Å². The Bertz CT molecular complexity index is 659. The number of nitrogens with one attached hydrogen (secondary N) is 3. The van der Waals surface area contributed by atoms with Crippen molar-refractivity contribution in [1.82, 2.24) is 16.0 Å². The third-order valence-electron chi connectivity index (χ3n) is 4.66. The predicted molar refractivity (Wildman–Crippen MR) is 116 cm³/mol. The fourth-order valence-corrected chi connectivity index (χ4v) is 2.82. The third-order valence-corrected chi connectivity index (χ3v) is 5.05. The van der Waals surface area contributed by atoms with Gasteiger partial charge in [-0.25, -0.2) is 4.79 Å². The minimum atomic E-state index is -1.65. The number of carboxylic acid groups (broad SMARTS) is 2. The number of amides is 3. The van der Waals surface area contributed by atoms with E-state index in [4.69, 9.17) is 15.9 Å². The lowest BCUT2D eigenvalue weighted by molar-refractivity contribution is -0.147. The standard InChI is InChI=1S/C19H34N4O7S/c1-5-10(4)15(18(28)22-13(19(29)30)7-14(24)25)23-17(27)12(6-9(2)3)21-16(26)11(20)8-31/h9-13,15,31H,5-8,20H2,1-4H3,(H,21,26)(H,22,28)(H,23,27)(H,24,25)(H,29,30). The molecule has 5 unspecified atom stereocenters. The van der Waals surface area contributed by atoms with Gasteiger partial charge in [-0.1, -0.05) is 34.1 Å². The van der Waals surface area contributed by atoms with E-state index < -0.39 is 66.2 Å². The smallest absolute Gasteiger partial charge is 0.326 e. The fraction of sp³-hybridized carbons (Fsp3) is 0.737. The van der Waals surface area contributed by atoms with E-state index in [1.807, 2.05) is 13.8 Å². The first-order valence-electron chi connectivity index (χ1n) is 10.1. The number of carbonyl (C=O) groups excluding carboxylic acids is 3. The highest BCUT2D eigenvalue weighted by atomic mass is 32.1. The van der Waals surface area contributed by atoms with Gasteiger partial charge in [0, 0.05) is 5.75 Å². The lowest BCUT2D eigenvalue weighted by atomic mass is 9.96. The lowest BCUT2D eigenvalue weighted by Gasteiger charge is -2.28. The van der Waals surface area contributed by atoms with Crippen molar-refractivity contribution in [1.29, 1.82) is 0 Å². The SMILES string of the molecule is CCC(C)C(NC(=O)C(CC(C)C)NC(=O)C(N)CS)C(=O)NC(CC(=O)O)C(=O)O. The Kier molecular flexibility index (Phi) is 12.8. The first-order chi connectivity index (χ1) is 14.3. The summed E-state index contributed by atoms with van der Waals surface area (Å²) in [7, 11) is 0. The first-order valence-corrected chi connectivity index (χ1v) is 10.7. The lowest BCUT2D eigenvalue weighted by Crippen LogP contribution is -2.59. The second-order valence-electron chi connectivity index (χ2n) is 7.85. The van der Waals surface area contributed by atoms with Gasteiger partial charge in [0.2, 0.25) is 17.7 Å². The van der Waals surface area contributed by atoms with Crippen LogP contribution in [0.3, 0.4) is 0 Å². The van der Waals surface area contributed by atoms with Crippen LogP contribution in [0.4, 0.5) is 0 Å².